The third-order valence-electron chi connectivity index (χ3n) is 7.80. The van der Waals surface area contributed by atoms with Crippen molar-refractivity contribution in [2.75, 3.05) is 5.32 Å². The zero-order valence-corrected chi connectivity index (χ0v) is 19.9. The molecule has 2 atom stereocenters. The fraction of sp³-hybridized carbons (Fsp3) is 0.692. The Balaban J connectivity index is 1.53. The molecule has 0 aromatic heterocycles. The minimum Gasteiger partial charge on any atom is -0.334 e. The third kappa shape index (κ3) is 5.66. The van der Waals surface area contributed by atoms with E-state index in [1.807, 2.05) is 23.1 Å². The van der Waals surface area contributed by atoms with Crippen LogP contribution in [0.5, 0.6) is 0 Å². The molecule has 0 saturated heterocycles. The van der Waals surface area contributed by atoms with E-state index in [-0.39, 0.29) is 35.7 Å². The summed E-state index contributed by atoms with van der Waals surface area (Å²) in [6.45, 7) is 0.458. The van der Waals surface area contributed by atoms with Crippen molar-refractivity contribution < 1.29 is 9.59 Å². The average Bonchev–Trinajstić information content (AvgIpc) is 3.35. The molecule has 4 rings (SSSR count). The highest BCUT2D eigenvalue weighted by Crippen LogP contribution is 2.32. The molecule has 6 heteroatoms. The van der Waals surface area contributed by atoms with Crippen LogP contribution in [0.15, 0.2) is 18.2 Å². The number of carbonyl (C=O) groups is 2. The van der Waals surface area contributed by atoms with E-state index >= 15 is 0 Å². The lowest BCUT2D eigenvalue weighted by Crippen LogP contribution is -2.53. The Morgan fingerprint density at radius 1 is 0.906 bits per heavy atom. The van der Waals surface area contributed by atoms with Gasteiger partial charge < -0.3 is 16.0 Å². The van der Waals surface area contributed by atoms with Crippen molar-refractivity contribution in [1.82, 2.24) is 4.90 Å². The van der Waals surface area contributed by atoms with Crippen molar-refractivity contribution >= 4 is 29.1 Å². The number of rotatable bonds is 6. The van der Waals surface area contributed by atoms with Crippen LogP contribution in [0.3, 0.4) is 0 Å². The summed E-state index contributed by atoms with van der Waals surface area (Å²) in [5.74, 6) is 0.546. The Bertz CT molecular complexity index is 802. The van der Waals surface area contributed by atoms with Crippen LogP contribution in [0.1, 0.15) is 89.0 Å². The quantitative estimate of drug-likeness (QED) is 0.577. The molecular weight excluding hydrogens is 422 g/mol. The fourth-order valence-corrected chi connectivity index (χ4v) is 6.04. The predicted octanol–water partition coefficient (Wildman–Crippen LogP) is 5.65. The zero-order chi connectivity index (χ0) is 22.5. The van der Waals surface area contributed by atoms with Gasteiger partial charge in [0, 0.05) is 41.2 Å². The van der Waals surface area contributed by atoms with Gasteiger partial charge in [-0.1, -0.05) is 56.5 Å². The Kier molecular flexibility index (Phi) is 8.12. The van der Waals surface area contributed by atoms with Crippen LogP contribution < -0.4 is 11.1 Å². The van der Waals surface area contributed by atoms with Crippen molar-refractivity contribution in [3.05, 3.63) is 28.8 Å². The molecule has 2 amide bonds. The normalized spacial score (nSPS) is 24.9. The largest absolute Gasteiger partial charge is 0.334 e. The molecule has 3 saturated carbocycles. The number of carbonyl (C=O) groups excluding carboxylic acids is 2. The first-order valence-corrected chi connectivity index (χ1v) is 13.1. The lowest BCUT2D eigenvalue weighted by atomic mass is 9.85. The minimum atomic E-state index is 0.0142. The Labute approximate surface area is 197 Å². The standard InChI is InChI=1S/C26H38ClN3O2/c27-22-15-14-21(29-25(31)18-8-4-5-9-18)16-20(22)17-30(24-13-7-6-12-23(24)28)26(32)19-10-2-1-3-11-19/h14-16,18-19,23-24H,1-13,17,28H2,(H,29,31). The van der Waals surface area contributed by atoms with Crippen LogP contribution >= 0.6 is 11.6 Å². The lowest BCUT2D eigenvalue weighted by Gasteiger charge is -2.41. The number of benzene rings is 1. The maximum absolute atomic E-state index is 13.7. The SMILES string of the molecule is NC1CCCCC1N(Cc1cc(NC(=O)C2CCCC2)ccc1Cl)C(=O)C1CCCCC1. The summed E-state index contributed by atoms with van der Waals surface area (Å²) >= 11 is 6.59. The van der Waals surface area contributed by atoms with Crippen LogP contribution in [0.2, 0.25) is 5.02 Å². The molecule has 0 bridgehead atoms. The third-order valence-corrected chi connectivity index (χ3v) is 8.17. The van der Waals surface area contributed by atoms with E-state index < -0.39 is 0 Å². The molecule has 3 fully saturated rings. The van der Waals surface area contributed by atoms with Gasteiger partial charge in [-0.3, -0.25) is 9.59 Å². The summed E-state index contributed by atoms with van der Waals surface area (Å²) in [5, 5.41) is 3.71. The summed E-state index contributed by atoms with van der Waals surface area (Å²) in [6.07, 6.45) is 13.8. The first kappa shape index (κ1) is 23.6. The first-order chi connectivity index (χ1) is 15.5. The minimum absolute atomic E-state index is 0.0142. The molecule has 0 radical (unpaired) electrons. The highest BCUT2D eigenvalue weighted by molar-refractivity contribution is 6.31. The van der Waals surface area contributed by atoms with Gasteiger partial charge in [0.05, 0.1) is 0 Å². The number of nitrogens with one attached hydrogen (secondary N) is 1. The Hall–Kier alpha value is -1.59. The van der Waals surface area contributed by atoms with Gasteiger partial charge in [0.25, 0.3) is 0 Å². The van der Waals surface area contributed by atoms with Crippen molar-refractivity contribution in [2.45, 2.75) is 102 Å². The summed E-state index contributed by atoms with van der Waals surface area (Å²) in [5.41, 5.74) is 8.17. The molecule has 3 aliphatic rings. The van der Waals surface area contributed by atoms with Crippen molar-refractivity contribution in [2.24, 2.45) is 17.6 Å². The van der Waals surface area contributed by atoms with Gasteiger partial charge in [-0.25, -0.2) is 0 Å². The van der Waals surface area contributed by atoms with Crippen molar-refractivity contribution in [1.29, 1.82) is 0 Å². The summed E-state index contributed by atoms with van der Waals surface area (Å²) in [6, 6.07) is 5.72. The van der Waals surface area contributed by atoms with E-state index in [0.29, 0.717) is 11.6 Å². The smallest absolute Gasteiger partial charge is 0.227 e. The number of anilines is 1. The van der Waals surface area contributed by atoms with Crippen molar-refractivity contribution in [3.8, 4) is 0 Å². The van der Waals surface area contributed by atoms with Crippen LogP contribution in [0, 0.1) is 11.8 Å². The predicted molar refractivity (Wildman–Crippen MR) is 129 cm³/mol. The van der Waals surface area contributed by atoms with E-state index in [2.05, 4.69) is 5.32 Å². The monoisotopic (exact) mass is 459 g/mol. The molecule has 176 valence electrons. The second-order valence-electron chi connectivity index (χ2n) is 10.1. The van der Waals surface area contributed by atoms with Gasteiger partial charge in [-0.05, 0) is 62.3 Å². The zero-order valence-electron chi connectivity index (χ0n) is 19.2. The topological polar surface area (TPSA) is 75.4 Å². The number of hydrogen-bond donors (Lipinski definition) is 2. The highest BCUT2D eigenvalue weighted by atomic mass is 35.5. The van der Waals surface area contributed by atoms with Crippen LogP contribution in [-0.4, -0.2) is 28.8 Å². The Morgan fingerprint density at radius 2 is 1.53 bits per heavy atom. The molecule has 1 aromatic carbocycles. The first-order valence-electron chi connectivity index (χ1n) is 12.7. The van der Waals surface area contributed by atoms with Gasteiger partial charge in [0.2, 0.25) is 11.8 Å². The van der Waals surface area contributed by atoms with E-state index in [0.717, 1.165) is 88.3 Å². The summed E-state index contributed by atoms with van der Waals surface area (Å²) in [7, 11) is 0. The average molecular weight is 460 g/mol. The van der Waals surface area contributed by atoms with Gasteiger partial charge >= 0.3 is 0 Å². The molecule has 0 spiro atoms. The highest BCUT2D eigenvalue weighted by Gasteiger charge is 2.35. The number of amides is 2. The van der Waals surface area contributed by atoms with E-state index in [1.54, 1.807) is 0 Å². The second-order valence-corrected chi connectivity index (χ2v) is 10.5. The van der Waals surface area contributed by atoms with Crippen LogP contribution in [-0.2, 0) is 16.1 Å². The molecule has 5 nitrogen and oxygen atoms in total. The molecule has 1 aromatic rings. The van der Waals surface area contributed by atoms with Gasteiger partial charge in [-0.2, -0.15) is 0 Å². The lowest BCUT2D eigenvalue weighted by molar-refractivity contribution is -0.141. The molecule has 0 heterocycles. The second kappa shape index (κ2) is 11.0. The summed E-state index contributed by atoms with van der Waals surface area (Å²) < 4.78 is 0. The van der Waals surface area contributed by atoms with Crippen molar-refractivity contribution in [3.63, 3.8) is 0 Å². The molecule has 32 heavy (non-hydrogen) atoms. The molecule has 2 unspecified atom stereocenters. The Morgan fingerprint density at radius 3 is 2.25 bits per heavy atom. The summed E-state index contributed by atoms with van der Waals surface area (Å²) in [4.78, 5) is 28.3. The molecular formula is C26H38ClN3O2. The van der Waals surface area contributed by atoms with Gasteiger partial charge in [0.15, 0.2) is 0 Å². The van der Waals surface area contributed by atoms with Gasteiger partial charge in [-0.15, -0.1) is 0 Å². The van der Waals surface area contributed by atoms with Crippen LogP contribution in [0.25, 0.3) is 0 Å². The van der Waals surface area contributed by atoms with E-state index in [4.69, 9.17) is 17.3 Å². The maximum atomic E-state index is 13.7. The van der Waals surface area contributed by atoms with Gasteiger partial charge in [0.1, 0.15) is 0 Å². The molecule has 3 aliphatic carbocycles. The van der Waals surface area contributed by atoms with E-state index in [9.17, 15) is 9.59 Å². The van der Waals surface area contributed by atoms with Crippen LogP contribution in [0.4, 0.5) is 5.69 Å². The maximum Gasteiger partial charge on any atom is 0.227 e. The van der Waals surface area contributed by atoms with E-state index in [1.165, 1.54) is 6.42 Å². The molecule has 0 aliphatic heterocycles. The fourth-order valence-electron chi connectivity index (χ4n) is 5.86. The molecule has 3 N–H and O–H groups in total. The number of nitrogens with two attached hydrogens (primary N) is 1. The number of nitrogens with zero attached hydrogens (tertiary/aromatic N) is 1. The number of hydrogen-bond acceptors (Lipinski definition) is 3. The number of halogens is 1.